The Bertz CT molecular complexity index is 926. The number of hydrogen-bond donors (Lipinski definition) is 2. The predicted molar refractivity (Wildman–Crippen MR) is 229 cm³/mol. The molecule has 0 rings (SSSR count). The quantitative estimate of drug-likeness (QED) is 0.0272. The molecule has 2 unspecified atom stereocenters. The van der Waals surface area contributed by atoms with E-state index in [0.717, 1.165) is 64.2 Å². The molecule has 0 spiro atoms. The molecule has 8 nitrogen and oxygen atoms in total. The first-order valence-electron chi connectivity index (χ1n) is 22.5. The number of unbranched alkanes of at least 4 members (excludes halogenated alkanes) is 24. The van der Waals surface area contributed by atoms with Crippen molar-refractivity contribution in [2.45, 2.75) is 213 Å². The van der Waals surface area contributed by atoms with E-state index in [1.165, 1.54) is 122 Å². The standard InChI is InChI=1S/C45H86NO7P/c1-3-5-7-9-11-13-15-17-19-21-22-23-24-26-28-30-32-34-36-38-45(47)53-44(43-52-54(48,49)51-41-39-46)42-50-40-37-35-33-31-29-27-25-20-18-16-14-12-10-8-6-4-2/h6,8,12,14,18,20,44H,3-5,7,9-11,13,15-17,19,21-43,46H2,1-2H3,(H,48,49)/b8-6-,14-12-,20-18-. The van der Waals surface area contributed by atoms with Gasteiger partial charge in [0.25, 0.3) is 0 Å². The minimum atomic E-state index is -4.28. The highest BCUT2D eigenvalue weighted by Crippen LogP contribution is 2.43. The second-order valence-electron chi connectivity index (χ2n) is 14.9. The SMILES string of the molecule is CC/C=C\C/C=C\C/C=C\CCCCCCCCOCC(COP(=O)(O)OCCN)OC(=O)CCCCCCCCCCCCCCCCCCCCC. The number of hydrogen-bond acceptors (Lipinski definition) is 7. The van der Waals surface area contributed by atoms with Crippen molar-refractivity contribution in [1.82, 2.24) is 0 Å². The zero-order valence-electron chi connectivity index (χ0n) is 35.2. The summed E-state index contributed by atoms with van der Waals surface area (Å²) < 4.78 is 33.5. The van der Waals surface area contributed by atoms with Gasteiger partial charge in [-0.3, -0.25) is 13.8 Å². The molecule has 0 radical (unpaired) electrons. The maximum atomic E-state index is 12.6. The van der Waals surface area contributed by atoms with E-state index in [1.54, 1.807) is 0 Å². The van der Waals surface area contributed by atoms with Crippen LogP contribution >= 0.6 is 7.82 Å². The van der Waals surface area contributed by atoms with Crippen molar-refractivity contribution in [2.24, 2.45) is 5.73 Å². The minimum Gasteiger partial charge on any atom is -0.457 e. The summed E-state index contributed by atoms with van der Waals surface area (Å²) in [5.74, 6) is -0.332. The monoisotopic (exact) mass is 784 g/mol. The number of esters is 1. The van der Waals surface area contributed by atoms with E-state index in [0.29, 0.717) is 13.0 Å². The number of phosphoric ester groups is 1. The highest BCUT2D eigenvalue weighted by Gasteiger charge is 2.25. The van der Waals surface area contributed by atoms with Crippen LogP contribution in [0.2, 0.25) is 0 Å². The molecule has 0 aliphatic heterocycles. The normalized spacial score (nSPS) is 13.8. The molecule has 54 heavy (non-hydrogen) atoms. The Kier molecular flexibility index (Phi) is 41.8. The van der Waals surface area contributed by atoms with Gasteiger partial charge in [0, 0.05) is 19.6 Å². The summed E-state index contributed by atoms with van der Waals surface area (Å²) in [6.45, 7) is 4.81. The van der Waals surface area contributed by atoms with Gasteiger partial charge in [-0.2, -0.15) is 0 Å². The first-order valence-corrected chi connectivity index (χ1v) is 24.0. The Hall–Kier alpha value is -1.28. The Balaban J connectivity index is 4.00. The van der Waals surface area contributed by atoms with Crippen molar-refractivity contribution in [3.05, 3.63) is 36.5 Å². The number of ether oxygens (including phenoxy) is 2. The van der Waals surface area contributed by atoms with Crippen molar-refractivity contribution in [1.29, 1.82) is 0 Å². The van der Waals surface area contributed by atoms with Gasteiger partial charge in [-0.05, 0) is 44.9 Å². The number of carbonyl (C=O) groups is 1. The van der Waals surface area contributed by atoms with Crippen LogP contribution in [0.1, 0.15) is 206 Å². The van der Waals surface area contributed by atoms with E-state index in [2.05, 4.69) is 50.3 Å². The second kappa shape index (κ2) is 42.9. The summed E-state index contributed by atoms with van der Waals surface area (Å²) in [7, 11) is -4.28. The molecule has 0 aromatic heterocycles. The second-order valence-corrected chi connectivity index (χ2v) is 16.3. The molecule has 0 heterocycles. The molecule has 0 aromatic carbocycles. The van der Waals surface area contributed by atoms with Crippen molar-refractivity contribution in [2.75, 3.05) is 33.0 Å². The van der Waals surface area contributed by atoms with Crippen molar-refractivity contribution in [3.8, 4) is 0 Å². The largest absolute Gasteiger partial charge is 0.472 e. The Morgan fingerprint density at radius 1 is 0.574 bits per heavy atom. The van der Waals surface area contributed by atoms with Crippen LogP contribution in [0.5, 0.6) is 0 Å². The van der Waals surface area contributed by atoms with Crippen LogP contribution in [-0.2, 0) is 27.9 Å². The molecule has 3 N–H and O–H groups in total. The first kappa shape index (κ1) is 52.7. The fourth-order valence-corrected chi connectivity index (χ4v) is 7.07. The summed E-state index contributed by atoms with van der Waals surface area (Å²) in [4.78, 5) is 22.5. The molecule has 0 saturated carbocycles. The maximum absolute atomic E-state index is 12.6. The molecule has 318 valence electrons. The van der Waals surface area contributed by atoms with E-state index in [-0.39, 0.29) is 32.3 Å². The van der Waals surface area contributed by atoms with Gasteiger partial charge in [-0.15, -0.1) is 0 Å². The Morgan fingerprint density at radius 3 is 1.56 bits per heavy atom. The van der Waals surface area contributed by atoms with E-state index < -0.39 is 13.9 Å². The average Bonchev–Trinajstić information content (AvgIpc) is 3.16. The highest BCUT2D eigenvalue weighted by atomic mass is 31.2. The zero-order valence-corrected chi connectivity index (χ0v) is 36.1. The summed E-state index contributed by atoms with van der Waals surface area (Å²) in [6.07, 6.45) is 48.8. The molecule has 0 bridgehead atoms. The lowest BCUT2D eigenvalue weighted by Gasteiger charge is -2.20. The summed E-state index contributed by atoms with van der Waals surface area (Å²) >= 11 is 0. The van der Waals surface area contributed by atoms with Crippen LogP contribution in [-0.4, -0.2) is 49.9 Å². The lowest BCUT2D eigenvalue weighted by molar-refractivity contribution is -0.154. The zero-order chi connectivity index (χ0) is 39.5. The van der Waals surface area contributed by atoms with E-state index in [4.69, 9.17) is 24.3 Å². The third-order valence-corrected chi connectivity index (χ3v) is 10.6. The van der Waals surface area contributed by atoms with Crippen molar-refractivity contribution in [3.63, 3.8) is 0 Å². The Labute approximate surface area is 333 Å². The van der Waals surface area contributed by atoms with Crippen LogP contribution in [0.15, 0.2) is 36.5 Å². The molecule has 0 aliphatic carbocycles. The molecule has 0 saturated heterocycles. The number of carbonyl (C=O) groups excluding carboxylic acids is 1. The van der Waals surface area contributed by atoms with Crippen LogP contribution in [0, 0.1) is 0 Å². The van der Waals surface area contributed by atoms with Crippen LogP contribution < -0.4 is 5.73 Å². The fourth-order valence-electron chi connectivity index (χ4n) is 6.31. The maximum Gasteiger partial charge on any atom is 0.472 e. The number of phosphoric acid groups is 1. The Morgan fingerprint density at radius 2 is 1.04 bits per heavy atom. The van der Waals surface area contributed by atoms with Crippen LogP contribution in [0.25, 0.3) is 0 Å². The van der Waals surface area contributed by atoms with E-state index >= 15 is 0 Å². The molecular formula is C45H86NO7P. The predicted octanol–water partition coefficient (Wildman–Crippen LogP) is 13.4. The molecule has 0 fully saturated rings. The third kappa shape index (κ3) is 41.9. The lowest BCUT2D eigenvalue weighted by atomic mass is 10.0. The molecular weight excluding hydrogens is 697 g/mol. The molecule has 0 aromatic rings. The van der Waals surface area contributed by atoms with E-state index in [1.807, 2.05) is 0 Å². The lowest BCUT2D eigenvalue weighted by Crippen LogP contribution is -2.28. The van der Waals surface area contributed by atoms with Gasteiger partial charge >= 0.3 is 13.8 Å². The third-order valence-electron chi connectivity index (χ3n) is 9.57. The molecule has 0 aliphatic rings. The van der Waals surface area contributed by atoms with Gasteiger partial charge in [-0.1, -0.05) is 192 Å². The topological polar surface area (TPSA) is 117 Å². The summed E-state index contributed by atoms with van der Waals surface area (Å²) in [6, 6.07) is 0. The van der Waals surface area contributed by atoms with Gasteiger partial charge in [0.15, 0.2) is 0 Å². The van der Waals surface area contributed by atoms with E-state index in [9.17, 15) is 14.3 Å². The first-order chi connectivity index (χ1) is 26.4. The molecule has 9 heteroatoms. The number of rotatable bonds is 43. The van der Waals surface area contributed by atoms with Crippen LogP contribution in [0.4, 0.5) is 0 Å². The number of allylic oxidation sites excluding steroid dienone is 6. The highest BCUT2D eigenvalue weighted by molar-refractivity contribution is 7.47. The van der Waals surface area contributed by atoms with Gasteiger partial charge in [0.05, 0.1) is 19.8 Å². The molecule has 0 amide bonds. The smallest absolute Gasteiger partial charge is 0.457 e. The van der Waals surface area contributed by atoms with Crippen molar-refractivity contribution >= 4 is 13.8 Å². The van der Waals surface area contributed by atoms with Crippen molar-refractivity contribution < 1.29 is 32.8 Å². The van der Waals surface area contributed by atoms with Gasteiger partial charge in [-0.25, -0.2) is 4.57 Å². The average molecular weight is 784 g/mol. The fraction of sp³-hybridized carbons (Fsp3) is 0.844. The minimum absolute atomic E-state index is 0.0974. The van der Waals surface area contributed by atoms with Gasteiger partial charge < -0.3 is 20.1 Å². The number of nitrogens with two attached hydrogens (primary N) is 1. The van der Waals surface area contributed by atoms with Gasteiger partial charge in [0.1, 0.15) is 6.10 Å². The van der Waals surface area contributed by atoms with Gasteiger partial charge in [0.2, 0.25) is 0 Å². The summed E-state index contributed by atoms with van der Waals surface area (Å²) in [5.41, 5.74) is 5.37. The molecule has 2 atom stereocenters. The summed E-state index contributed by atoms with van der Waals surface area (Å²) in [5, 5.41) is 0. The van der Waals surface area contributed by atoms with Crippen LogP contribution in [0.3, 0.4) is 0 Å².